The normalized spacial score (nSPS) is 16.6. The minimum absolute atomic E-state index is 0.113. The smallest absolute Gasteiger partial charge is 0.153 e. The van der Waals surface area contributed by atoms with Gasteiger partial charge >= 0.3 is 0 Å². The third kappa shape index (κ3) is 3.15. The van der Waals surface area contributed by atoms with E-state index in [9.17, 15) is 8.42 Å². The summed E-state index contributed by atoms with van der Waals surface area (Å²) in [6.45, 7) is 6.73. The van der Waals surface area contributed by atoms with Crippen LogP contribution in [0.3, 0.4) is 0 Å². The molecule has 1 aromatic rings. The van der Waals surface area contributed by atoms with Crippen LogP contribution in [0.15, 0.2) is 18.2 Å². The van der Waals surface area contributed by atoms with Gasteiger partial charge in [0.15, 0.2) is 9.84 Å². The van der Waals surface area contributed by atoms with Crippen LogP contribution in [0.1, 0.15) is 37.9 Å². The quantitative estimate of drug-likeness (QED) is 0.904. The topological polar surface area (TPSA) is 55.4 Å². The van der Waals surface area contributed by atoms with Gasteiger partial charge in [-0.15, -0.1) is 0 Å². The molecular formula is C15H23NO3S. The van der Waals surface area contributed by atoms with E-state index in [-0.39, 0.29) is 6.04 Å². The molecule has 1 aliphatic rings. The van der Waals surface area contributed by atoms with Gasteiger partial charge in [0.1, 0.15) is 5.75 Å². The molecule has 0 saturated carbocycles. The van der Waals surface area contributed by atoms with E-state index >= 15 is 0 Å². The van der Waals surface area contributed by atoms with Gasteiger partial charge in [-0.3, -0.25) is 0 Å². The lowest BCUT2D eigenvalue weighted by Crippen LogP contribution is -2.42. The first-order valence-electron chi connectivity index (χ1n) is 6.89. The van der Waals surface area contributed by atoms with Gasteiger partial charge in [0, 0.05) is 25.3 Å². The van der Waals surface area contributed by atoms with Crippen LogP contribution in [0, 0.1) is 0 Å². The summed E-state index contributed by atoms with van der Waals surface area (Å²) in [6.07, 6.45) is 2.23. The third-order valence-corrected chi connectivity index (χ3v) is 6.20. The van der Waals surface area contributed by atoms with Gasteiger partial charge in [-0.25, -0.2) is 8.42 Å². The Morgan fingerprint density at radius 2 is 2.10 bits per heavy atom. The van der Waals surface area contributed by atoms with Crippen molar-refractivity contribution in [1.82, 2.24) is 5.32 Å². The summed E-state index contributed by atoms with van der Waals surface area (Å²) in [6, 6.07) is 6.29. The second-order valence-electron chi connectivity index (χ2n) is 6.10. The van der Waals surface area contributed by atoms with Crippen molar-refractivity contribution in [2.24, 2.45) is 0 Å². The average Bonchev–Trinajstić information content (AvgIpc) is 2.81. The van der Waals surface area contributed by atoms with Gasteiger partial charge in [-0.1, -0.05) is 12.1 Å². The molecule has 20 heavy (non-hydrogen) atoms. The molecule has 112 valence electrons. The summed E-state index contributed by atoms with van der Waals surface area (Å²) in [5.41, 5.74) is 2.40. The Kier molecular flexibility index (Phi) is 4.12. The van der Waals surface area contributed by atoms with Crippen LogP contribution < -0.4 is 10.1 Å². The maximum Gasteiger partial charge on any atom is 0.153 e. The van der Waals surface area contributed by atoms with Crippen molar-refractivity contribution >= 4 is 9.84 Å². The molecule has 0 aromatic heterocycles. The van der Waals surface area contributed by atoms with Crippen molar-refractivity contribution in [3.05, 3.63) is 29.3 Å². The molecule has 1 N–H and O–H groups in total. The van der Waals surface area contributed by atoms with Crippen molar-refractivity contribution in [3.63, 3.8) is 0 Å². The molecule has 1 aliphatic heterocycles. The molecular weight excluding hydrogens is 274 g/mol. The molecule has 1 unspecified atom stereocenters. The molecule has 1 aromatic carbocycles. The van der Waals surface area contributed by atoms with Gasteiger partial charge in [-0.05, 0) is 38.0 Å². The van der Waals surface area contributed by atoms with Gasteiger partial charge in [0.2, 0.25) is 0 Å². The number of benzene rings is 1. The highest BCUT2D eigenvalue weighted by atomic mass is 32.2. The molecule has 4 nitrogen and oxygen atoms in total. The molecule has 0 saturated heterocycles. The highest BCUT2D eigenvalue weighted by molar-refractivity contribution is 7.92. The zero-order valence-electron chi connectivity index (χ0n) is 12.6. The Balaban J connectivity index is 2.04. The van der Waals surface area contributed by atoms with Crippen LogP contribution in [0.5, 0.6) is 5.75 Å². The zero-order chi connectivity index (χ0) is 15.0. The number of sulfone groups is 1. The first-order chi connectivity index (χ1) is 9.21. The van der Waals surface area contributed by atoms with Crippen LogP contribution in [-0.2, 0) is 16.3 Å². The molecule has 2 rings (SSSR count). The number of fused-ring (bicyclic) bond motifs is 1. The lowest BCUT2D eigenvalue weighted by molar-refractivity contribution is 0.356. The van der Waals surface area contributed by atoms with Crippen LogP contribution in [0.4, 0.5) is 0 Å². The van der Waals surface area contributed by atoms with Crippen molar-refractivity contribution < 1.29 is 13.2 Å². The van der Waals surface area contributed by atoms with E-state index in [2.05, 4.69) is 18.3 Å². The fraction of sp³-hybridized carbons (Fsp3) is 0.600. The molecule has 1 atom stereocenters. The Hall–Kier alpha value is -1.07. The molecule has 0 radical (unpaired) electrons. The molecule has 1 heterocycles. The Labute approximate surface area is 121 Å². The minimum Gasteiger partial charge on any atom is -0.493 e. The highest BCUT2D eigenvalue weighted by Crippen LogP contribution is 2.28. The molecule has 5 heteroatoms. The second kappa shape index (κ2) is 5.37. The standard InChI is InChI=1S/C15H23NO3S/c1-11(16-10-15(2,3)20(4,17)18)12-5-6-14-13(9-12)7-8-19-14/h5-6,9,11,16H,7-8,10H2,1-4H3. The fourth-order valence-corrected chi connectivity index (χ4v) is 2.47. The SMILES string of the molecule is CC(NCC(C)(C)S(C)(=O)=O)c1ccc2c(c1)CCO2. The minimum atomic E-state index is -3.07. The van der Waals surface area contributed by atoms with E-state index in [1.54, 1.807) is 13.8 Å². The summed E-state index contributed by atoms with van der Waals surface area (Å²) < 4.78 is 28.1. The largest absolute Gasteiger partial charge is 0.493 e. The molecule has 0 spiro atoms. The van der Waals surface area contributed by atoms with Crippen molar-refractivity contribution in [2.75, 3.05) is 19.4 Å². The lowest BCUT2D eigenvalue weighted by Gasteiger charge is -2.25. The van der Waals surface area contributed by atoms with Gasteiger partial charge in [-0.2, -0.15) is 0 Å². The Bertz CT molecular complexity index is 593. The van der Waals surface area contributed by atoms with E-state index < -0.39 is 14.6 Å². The predicted molar refractivity (Wildman–Crippen MR) is 81.0 cm³/mol. The summed E-state index contributed by atoms with van der Waals surface area (Å²) in [4.78, 5) is 0. The molecule has 0 bridgehead atoms. The van der Waals surface area contributed by atoms with E-state index in [1.807, 2.05) is 12.1 Å². The number of hydrogen-bond acceptors (Lipinski definition) is 4. The van der Waals surface area contributed by atoms with Gasteiger partial charge < -0.3 is 10.1 Å². The maximum absolute atomic E-state index is 11.7. The van der Waals surface area contributed by atoms with Crippen LogP contribution in [-0.4, -0.2) is 32.6 Å². The number of ether oxygens (including phenoxy) is 1. The monoisotopic (exact) mass is 297 g/mol. The Morgan fingerprint density at radius 1 is 1.40 bits per heavy atom. The highest BCUT2D eigenvalue weighted by Gasteiger charge is 2.30. The Morgan fingerprint density at radius 3 is 2.75 bits per heavy atom. The zero-order valence-corrected chi connectivity index (χ0v) is 13.4. The summed E-state index contributed by atoms with van der Waals surface area (Å²) in [5.74, 6) is 0.970. The van der Waals surface area contributed by atoms with E-state index in [4.69, 9.17) is 4.74 Å². The van der Waals surface area contributed by atoms with Crippen LogP contribution in [0.25, 0.3) is 0 Å². The van der Waals surface area contributed by atoms with Crippen molar-refractivity contribution in [1.29, 1.82) is 0 Å². The van der Waals surface area contributed by atoms with Crippen LogP contribution >= 0.6 is 0 Å². The van der Waals surface area contributed by atoms with E-state index in [0.717, 1.165) is 18.8 Å². The summed E-state index contributed by atoms with van der Waals surface area (Å²) >= 11 is 0. The number of hydrogen-bond donors (Lipinski definition) is 1. The van der Waals surface area contributed by atoms with Crippen LogP contribution in [0.2, 0.25) is 0 Å². The van der Waals surface area contributed by atoms with E-state index in [0.29, 0.717) is 6.54 Å². The number of nitrogens with one attached hydrogen (secondary N) is 1. The van der Waals surface area contributed by atoms with Gasteiger partial charge in [0.25, 0.3) is 0 Å². The van der Waals surface area contributed by atoms with E-state index in [1.165, 1.54) is 17.4 Å². The molecule has 0 fully saturated rings. The first kappa shape index (κ1) is 15.3. The predicted octanol–water partition coefficient (Wildman–Crippen LogP) is 2.10. The average molecular weight is 297 g/mol. The summed E-state index contributed by atoms with van der Waals surface area (Å²) in [5, 5.41) is 3.32. The molecule has 0 aliphatic carbocycles. The van der Waals surface area contributed by atoms with Crippen molar-refractivity contribution in [2.45, 2.75) is 38.0 Å². The fourth-order valence-electron chi connectivity index (χ4n) is 2.12. The molecule has 0 amide bonds. The lowest BCUT2D eigenvalue weighted by atomic mass is 10.0. The second-order valence-corrected chi connectivity index (χ2v) is 8.75. The van der Waals surface area contributed by atoms with Crippen molar-refractivity contribution in [3.8, 4) is 5.75 Å². The van der Waals surface area contributed by atoms with Gasteiger partial charge in [0.05, 0.1) is 11.4 Å². The maximum atomic E-state index is 11.7. The summed E-state index contributed by atoms with van der Waals surface area (Å²) in [7, 11) is -3.07. The number of rotatable bonds is 5. The first-order valence-corrected chi connectivity index (χ1v) is 8.78. The third-order valence-electron chi connectivity index (χ3n) is 4.05.